The first-order valence-electron chi connectivity index (χ1n) is 5.16. The molecule has 0 spiro atoms. The highest BCUT2D eigenvalue weighted by Gasteiger charge is 2.16. The summed E-state index contributed by atoms with van der Waals surface area (Å²) >= 11 is 4.95. The second kappa shape index (κ2) is 6.05. The molecule has 1 aromatic heterocycles. The lowest BCUT2D eigenvalue weighted by atomic mass is 10.2. The highest BCUT2D eigenvalue weighted by Crippen LogP contribution is 2.28. The minimum Gasteiger partial charge on any atom is -0.426 e. The van der Waals surface area contributed by atoms with Crippen LogP contribution in [0.25, 0.3) is 0 Å². The number of ether oxygens (including phenoxy) is 2. The third-order valence-electron chi connectivity index (χ3n) is 2.00. The third-order valence-corrected chi connectivity index (χ3v) is 4.69. The number of benzene rings is 1. The number of carbonyl (C=O) groups excluding carboxylic acids is 2. The van der Waals surface area contributed by atoms with Crippen molar-refractivity contribution in [2.75, 3.05) is 0 Å². The normalized spacial score (nSPS) is 9.95. The molecule has 0 saturated heterocycles. The van der Waals surface area contributed by atoms with Crippen molar-refractivity contribution in [3.63, 3.8) is 0 Å². The Labute approximate surface area is 121 Å². The summed E-state index contributed by atoms with van der Waals surface area (Å²) in [6.45, 7) is 1.27. The second-order valence-corrected chi connectivity index (χ2v) is 6.30. The summed E-state index contributed by atoms with van der Waals surface area (Å²) in [4.78, 5) is 23.0. The van der Waals surface area contributed by atoms with E-state index in [2.05, 4.69) is 0 Å². The Morgan fingerprint density at radius 3 is 2.53 bits per heavy atom. The Bertz CT molecular complexity index is 671. The Morgan fingerprint density at radius 1 is 1.16 bits per heavy atom. The van der Waals surface area contributed by atoms with Crippen LogP contribution in [0.5, 0.6) is 10.8 Å². The van der Waals surface area contributed by atoms with E-state index in [1.165, 1.54) is 39.7 Å². The van der Waals surface area contributed by atoms with Gasteiger partial charge in [-0.05, 0) is 22.5 Å². The predicted octanol–water partition coefficient (Wildman–Crippen LogP) is 3.68. The predicted molar refractivity (Wildman–Crippen MR) is 75.7 cm³/mol. The van der Waals surface area contributed by atoms with Gasteiger partial charge >= 0.3 is 11.9 Å². The van der Waals surface area contributed by atoms with E-state index in [0.717, 1.165) is 0 Å². The maximum Gasteiger partial charge on any atom is 0.348 e. The summed E-state index contributed by atoms with van der Waals surface area (Å²) in [7, 11) is 2.63. The Balaban J connectivity index is 2.23. The fourth-order valence-electron chi connectivity index (χ4n) is 1.30. The van der Waals surface area contributed by atoms with Crippen LogP contribution in [-0.4, -0.2) is 11.9 Å². The molecule has 1 heterocycles. The highest BCUT2D eigenvalue weighted by molar-refractivity contribution is 7.79. The summed E-state index contributed by atoms with van der Waals surface area (Å²) in [6, 6.07) is 8.01. The molecule has 0 N–H and O–H groups in total. The van der Waals surface area contributed by atoms with Gasteiger partial charge < -0.3 is 9.47 Å². The summed E-state index contributed by atoms with van der Waals surface area (Å²) in [5, 5.41) is 0.428. The zero-order valence-corrected chi connectivity index (χ0v) is 12.2. The SMILES string of the molecule is CC(=O)Oc1ccccc1C(=O)Oc1cc(=S)ss1. The van der Waals surface area contributed by atoms with Crippen LogP contribution in [0.15, 0.2) is 30.3 Å². The van der Waals surface area contributed by atoms with Gasteiger partial charge in [-0.2, -0.15) is 0 Å². The van der Waals surface area contributed by atoms with Crippen LogP contribution in [0.3, 0.4) is 0 Å². The minimum atomic E-state index is -0.582. The van der Waals surface area contributed by atoms with Crippen LogP contribution >= 0.6 is 32.9 Å². The molecule has 0 aliphatic heterocycles. The van der Waals surface area contributed by atoms with Gasteiger partial charge in [-0.25, -0.2) is 4.79 Å². The molecule has 0 unspecified atom stereocenters. The number of para-hydroxylation sites is 1. The summed E-state index contributed by atoms with van der Waals surface area (Å²) in [6.07, 6.45) is 0. The third kappa shape index (κ3) is 3.69. The smallest absolute Gasteiger partial charge is 0.348 e. The van der Waals surface area contributed by atoms with E-state index in [4.69, 9.17) is 21.7 Å². The van der Waals surface area contributed by atoms with E-state index in [1.807, 2.05) is 0 Å². The second-order valence-electron chi connectivity index (χ2n) is 3.43. The summed E-state index contributed by atoms with van der Waals surface area (Å²) in [5.74, 6) is -0.897. The molecular weight excluding hydrogens is 304 g/mol. The molecule has 0 aliphatic carbocycles. The Hall–Kier alpha value is -1.57. The first kappa shape index (κ1) is 13.9. The van der Waals surface area contributed by atoms with Gasteiger partial charge in [-0.15, -0.1) is 0 Å². The molecular formula is C12H8O4S3. The first-order valence-corrected chi connectivity index (χ1v) is 7.72. The van der Waals surface area contributed by atoms with E-state index in [0.29, 0.717) is 8.89 Å². The van der Waals surface area contributed by atoms with Gasteiger partial charge in [0, 0.05) is 13.0 Å². The number of esters is 2. The zero-order valence-electron chi connectivity index (χ0n) is 9.74. The van der Waals surface area contributed by atoms with E-state index >= 15 is 0 Å². The number of carbonyl (C=O) groups is 2. The average Bonchev–Trinajstić information content (AvgIpc) is 2.74. The van der Waals surface area contributed by atoms with Gasteiger partial charge in [-0.3, -0.25) is 4.79 Å². The van der Waals surface area contributed by atoms with Crippen molar-refractivity contribution in [2.24, 2.45) is 0 Å². The molecule has 0 saturated carbocycles. The van der Waals surface area contributed by atoms with Gasteiger partial charge in [0.2, 0.25) is 0 Å². The number of hydrogen-bond acceptors (Lipinski definition) is 7. The van der Waals surface area contributed by atoms with E-state index in [-0.39, 0.29) is 11.3 Å². The molecule has 0 amide bonds. The van der Waals surface area contributed by atoms with Gasteiger partial charge in [-0.1, -0.05) is 34.7 Å². The van der Waals surface area contributed by atoms with Crippen molar-refractivity contribution in [1.29, 1.82) is 0 Å². The molecule has 4 nitrogen and oxygen atoms in total. The largest absolute Gasteiger partial charge is 0.426 e. The maximum absolute atomic E-state index is 12.0. The Morgan fingerprint density at radius 2 is 1.89 bits per heavy atom. The molecule has 7 heteroatoms. The first-order chi connectivity index (χ1) is 9.06. The van der Waals surface area contributed by atoms with Crippen molar-refractivity contribution in [3.8, 4) is 10.8 Å². The number of rotatable bonds is 3. The monoisotopic (exact) mass is 312 g/mol. The standard InChI is InChI=1S/C12H8O4S3/c1-7(13)15-9-5-3-2-4-8(9)12(14)16-10-6-11(17)19-18-10/h2-6H,1H3. The number of hydrogen-bond donors (Lipinski definition) is 0. The zero-order chi connectivity index (χ0) is 13.8. The van der Waals surface area contributed by atoms with E-state index in [9.17, 15) is 9.59 Å². The molecule has 2 rings (SSSR count). The van der Waals surface area contributed by atoms with E-state index < -0.39 is 11.9 Å². The Kier molecular flexibility index (Phi) is 4.41. The molecule has 0 fully saturated rings. The lowest BCUT2D eigenvalue weighted by molar-refractivity contribution is -0.131. The molecule has 0 aliphatic rings. The summed E-state index contributed by atoms with van der Waals surface area (Å²) in [5.41, 5.74) is 0.196. The molecule has 19 heavy (non-hydrogen) atoms. The molecule has 0 radical (unpaired) electrons. The van der Waals surface area contributed by atoms with Crippen molar-refractivity contribution >= 4 is 44.8 Å². The van der Waals surface area contributed by atoms with Gasteiger partial charge in [0.15, 0.2) is 5.06 Å². The van der Waals surface area contributed by atoms with Gasteiger partial charge in [0.05, 0.1) is 0 Å². The van der Waals surface area contributed by atoms with Gasteiger partial charge in [0.25, 0.3) is 0 Å². The minimum absolute atomic E-state index is 0.179. The molecule has 0 atom stereocenters. The van der Waals surface area contributed by atoms with Crippen molar-refractivity contribution < 1.29 is 19.1 Å². The molecule has 1 aromatic carbocycles. The lowest BCUT2D eigenvalue weighted by Gasteiger charge is -2.07. The fourth-order valence-corrected chi connectivity index (χ4v) is 3.34. The lowest BCUT2D eigenvalue weighted by Crippen LogP contribution is -2.12. The van der Waals surface area contributed by atoms with Crippen LogP contribution in [0.4, 0.5) is 0 Å². The highest BCUT2D eigenvalue weighted by atomic mass is 32.9. The van der Waals surface area contributed by atoms with Crippen LogP contribution in [-0.2, 0) is 4.79 Å². The van der Waals surface area contributed by atoms with Crippen LogP contribution in [0.1, 0.15) is 17.3 Å². The fraction of sp³-hybridized carbons (Fsp3) is 0.0833. The van der Waals surface area contributed by atoms with Crippen LogP contribution < -0.4 is 9.47 Å². The topological polar surface area (TPSA) is 52.6 Å². The molecule has 98 valence electrons. The van der Waals surface area contributed by atoms with Gasteiger partial charge in [0.1, 0.15) is 15.1 Å². The summed E-state index contributed by atoms with van der Waals surface area (Å²) < 4.78 is 10.8. The van der Waals surface area contributed by atoms with Crippen molar-refractivity contribution in [2.45, 2.75) is 6.92 Å². The van der Waals surface area contributed by atoms with Crippen LogP contribution in [0.2, 0.25) is 0 Å². The molecule has 0 bridgehead atoms. The van der Waals surface area contributed by atoms with Crippen molar-refractivity contribution in [3.05, 3.63) is 39.7 Å². The van der Waals surface area contributed by atoms with Crippen molar-refractivity contribution in [1.82, 2.24) is 0 Å². The molecule has 2 aromatic rings. The quantitative estimate of drug-likeness (QED) is 0.374. The maximum atomic E-state index is 12.0. The van der Waals surface area contributed by atoms with Crippen LogP contribution in [0, 0.1) is 3.82 Å². The average molecular weight is 312 g/mol. The van der Waals surface area contributed by atoms with E-state index in [1.54, 1.807) is 18.2 Å².